The number of hydrogen-bond acceptors (Lipinski definition) is 9. The van der Waals surface area contributed by atoms with Gasteiger partial charge in [0.15, 0.2) is 12.6 Å². The lowest BCUT2D eigenvalue weighted by Gasteiger charge is -2.57. The van der Waals surface area contributed by atoms with E-state index in [1.807, 2.05) is 0 Å². The number of aliphatic imine (C=N–C) groups is 1. The van der Waals surface area contributed by atoms with E-state index >= 15 is 0 Å². The summed E-state index contributed by atoms with van der Waals surface area (Å²) < 4.78 is 0. The molecule has 9 nitrogen and oxygen atoms in total. The van der Waals surface area contributed by atoms with Crippen LogP contribution in [-0.4, -0.2) is 129 Å². The second kappa shape index (κ2) is 12.3. The lowest BCUT2D eigenvalue weighted by molar-refractivity contribution is -0.244. The fourth-order valence-electron chi connectivity index (χ4n) is 5.83. The van der Waals surface area contributed by atoms with Crippen molar-refractivity contribution in [2.75, 3.05) is 39.3 Å². The third kappa shape index (κ3) is 6.02. The van der Waals surface area contributed by atoms with Crippen molar-refractivity contribution in [2.45, 2.75) is 132 Å². The highest BCUT2D eigenvalue weighted by atomic mass is 15.9. The molecule has 3 heterocycles. The van der Waals surface area contributed by atoms with Gasteiger partial charge in [0.25, 0.3) is 0 Å². The van der Waals surface area contributed by atoms with E-state index in [1.54, 1.807) is 0 Å². The van der Waals surface area contributed by atoms with Crippen LogP contribution in [0.25, 0.3) is 0 Å². The molecule has 0 aromatic heterocycles. The van der Waals surface area contributed by atoms with Crippen molar-refractivity contribution in [1.82, 2.24) is 40.1 Å². The first-order chi connectivity index (χ1) is 16.9. The molecule has 0 amide bonds. The van der Waals surface area contributed by atoms with Gasteiger partial charge in [0.2, 0.25) is 5.96 Å². The number of hydrazine groups is 2. The molecule has 3 atom stereocenters. The molecule has 0 spiro atoms. The Bertz CT molecular complexity index is 720. The third-order valence-corrected chi connectivity index (χ3v) is 7.77. The van der Waals surface area contributed by atoms with Crippen molar-refractivity contribution in [1.29, 1.82) is 0 Å². The molecule has 3 aliphatic rings. The van der Waals surface area contributed by atoms with Gasteiger partial charge in [0, 0.05) is 75.5 Å². The molecule has 3 aliphatic heterocycles. The maximum atomic E-state index is 5.67. The lowest BCUT2D eigenvalue weighted by Crippen LogP contribution is -2.74. The zero-order chi connectivity index (χ0) is 26.9. The molecule has 0 aliphatic carbocycles. The van der Waals surface area contributed by atoms with E-state index in [0.29, 0.717) is 36.3 Å². The molecule has 0 saturated carbocycles. The lowest BCUT2D eigenvalue weighted by atomic mass is 10.2. The summed E-state index contributed by atoms with van der Waals surface area (Å²) in [5, 5.41) is 14.0. The van der Waals surface area contributed by atoms with Crippen LogP contribution in [0.3, 0.4) is 0 Å². The van der Waals surface area contributed by atoms with Crippen molar-refractivity contribution < 1.29 is 0 Å². The summed E-state index contributed by atoms with van der Waals surface area (Å²) in [6, 6.07) is 2.44. The molecule has 210 valence electrons. The maximum absolute atomic E-state index is 5.67. The van der Waals surface area contributed by atoms with Crippen molar-refractivity contribution in [2.24, 2.45) is 4.99 Å². The Labute approximate surface area is 222 Å². The largest absolute Gasteiger partial charge is 0.338 e. The van der Waals surface area contributed by atoms with Gasteiger partial charge in [0.1, 0.15) is 0 Å². The quantitative estimate of drug-likeness (QED) is 0.484. The summed E-state index contributed by atoms with van der Waals surface area (Å²) in [5.74, 6) is 1.14. The Morgan fingerprint density at radius 3 is 1.89 bits per heavy atom. The van der Waals surface area contributed by atoms with Crippen LogP contribution >= 0.6 is 0 Å². The molecule has 9 heteroatoms. The van der Waals surface area contributed by atoms with Crippen LogP contribution in [-0.2, 0) is 0 Å². The highest BCUT2D eigenvalue weighted by molar-refractivity contribution is 5.81. The second-order valence-corrected chi connectivity index (χ2v) is 12.4. The Balaban J connectivity index is 2.23. The van der Waals surface area contributed by atoms with Crippen LogP contribution in [0, 0.1) is 0 Å². The van der Waals surface area contributed by atoms with Crippen molar-refractivity contribution in [3.63, 3.8) is 0 Å². The van der Waals surface area contributed by atoms with Crippen LogP contribution in [0.4, 0.5) is 0 Å². The molecule has 36 heavy (non-hydrogen) atoms. The average molecular weight is 508 g/mol. The minimum Gasteiger partial charge on any atom is -0.338 e. The van der Waals surface area contributed by atoms with Crippen LogP contribution < -0.4 is 5.32 Å². The Kier molecular flexibility index (Phi) is 10.1. The number of hydrogen-bond donors (Lipinski definition) is 1. The van der Waals surface area contributed by atoms with Crippen LogP contribution in [0.5, 0.6) is 0 Å². The summed E-state index contributed by atoms with van der Waals surface area (Å²) in [6.45, 7) is 33.7. The molecular weight excluding hydrogens is 450 g/mol. The van der Waals surface area contributed by atoms with Gasteiger partial charge in [0.05, 0.1) is 0 Å². The molecular formula is C27H57N9. The zero-order valence-electron chi connectivity index (χ0n) is 25.4. The predicted octanol–water partition coefficient (Wildman–Crippen LogP) is 2.93. The van der Waals surface area contributed by atoms with E-state index in [1.165, 1.54) is 0 Å². The van der Waals surface area contributed by atoms with E-state index in [9.17, 15) is 0 Å². The first-order valence-corrected chi connectivity index (χ1v) is 14.6. The second-order valence-electron chi connectivity index (χ2n) is 12.4. The van der Waals surface area contributed by atoms with Crippen LogP contribution in [0.15, 0.2) is 4.99 Å². The minimum absolute atomic E-state index is 0.0506. The molecule has 0 aromatic rings. The number of nitrogens with zero attached hydrogens (tertiary/aromatic N) is 8. The van der Waals surface area contributed by atoms with Gasteiger partial charge < -0.3 is 10.2 Å². The monoisotopic (exact) mass is 507 g/mol. The minimum atomic E-state index is -0.0506. The molecule has 0 radical (unpaired) electrons. The van der Waals surface area contributed by atoms with Crippen molar-refractivity contribution in [3.8, 4) is 0 Å². The van der Waals surface area contributed by atoms with E-state index < -0.39 is 0 Å². The SMILES string of the molecule is CC(C)NCCN(C(C)C)C1N=C2N(C(C)C)CCN(C(C)C)C3N2N(C(C)C)CCN(C(C)C)N13. The van der Waals surface area contributed by atoms with Gasteiger partial charge >= 0.3 is 0 Å². The van der Waals surface area contributed by atoms with Gasteiger partial charge in [-0.15, -0.1) is 0 Å². The maximum Gasteiger partial charge on any atom is 0.217 e. The first-order valence-electron chi connectivity index (χ1n) is 14.6. The summed E-state index contributed by atoms with van der Waals surface area (Å²) in [6.07, 6.45) is 0.0446. The summed E-state index contributed by atoms with van der Waals surface area (Å²) in [4.78, 5) is 13.5. The van der Waals surface area contributed by atoms with E-state index in [0.717, 1.165) is 45.2 Å². The number of rotatable bonds is 10. The Morgan fingerprint density at radius 1 is 0.778 bits per heavy atom. The topological polar surface area (TPSA) is 47.1 Å². The fraction of sp³-hybridized carbons (Fsp3) is 0.963. The van der Waals surface area contributed by atoms with Gasteiger partial charge in [-0.3, -0.25) is 9.80 Å². The third-order valence-electron chi connectivity index (χ3n) is 7.77. The Morgan fingerprint density at radius 2 is 1.39 bits per heavy atom. The smallest absolute Gasteiger partial charge is 0.217 e. The van der Waals surface area contributed by atoms with Gasteiger partial charge in [-0.1, -0.05) is 13.8 Å². The average Bonchev–Trinajstić information content (AvgIpc) is 2.96. The highest BCUT2D eigenvalue weighted by Gasteiger charge is 2.53. The zero-order valence-corrected chi connectivity index (χ0v) is 25.4. The molecule has 4 bridgehead atoms. The number of guanidine groups is 1. The molecule has 3 rings (SSSR count). The molecule has 2 saturated heterocycles. The number of nitrogens with one attached hydrogen (secondary N) is 1. The predicted molar refractivity (Wildman–Crippen MR) is 151 cm³/mol. The van der Waals surface area contributed by atoms with Gasteiger partial charge in [-0.05, 0) is 69.2 Å². The van der Waals surface area contributed by atoms with Crippen LogP contribution in [0.1, 0.15) is 83.1 Å². The Hall–Kier alpha value is -0.970. The van der Waals surface area contributed by atoms with Gasteiger partial charge in [-0.25, -0.2) is 20.0 Å². The van der Waals surface area contributed by atoms with E-state index in [-0.39, 0.29) is 12.6 Å². The van der Waals surface area contributed by atoms with E-state index in [4.69, 9.17) is 4.99 Å². The summed E-state index contributed by atoms with van der Waals surface area (Å²) in [7, 11) is 0. The standard InChI is InChI=1S/C27H57N9/c1-19(2)28-13-14-30(20(3)4)25-29-26-31(21(5)6)15-16-32(22(7)8)27-35(25)33(23(9)10)17-18-34(24(11)12)36(26)27/h19-25,27-28H,13-18H2,1-12H3. The normalized spacial score (nSPS) is 26.9. The molecule has 1 N–H and O–H groups in total. The fourth-order valence-corrected chi connectivity index (χ4v) is 5.83. The first kappa shape index (κ1) is 29.6. The summed E-state index contributed by atoms with van der Waals surface area (Å²) in [5.41, 5.74) is 0. The molecule has 3 unspecified atom stereocenters. The van der Waals surface area contributed by atoms with Crippen LogP contribution in [0.2, 0.25) is 0 Å². The molecule has 0 aromatic carbocycles. The van der Waals surface area contributed by atoms with Gasteiger partial charge in [-0.2, -0.15) is 5.01 Å². The van der Waals surface area contributed by atoms with Crippen molar-refractivity contribution in [3.05, 3.63) is 0 Å². The highest BCUT2D eigenvalue weighted by Crippen LogP contribution is 2.35. The summed E-state index contributed by atoms with van der Waals surface area (Å²) >= 11 is 0. The van der Waals surface area contributed by atoms with E-state index in [2.05, 4.69) is 123 Å². The molecule has 2 fully saturated rings. The van der Waals surface area contributed by atoms with Crippen molar-refractivity contribution >= 4 is 5.96 Å².